The summed E-state index contributed by atoms with van der Waals surface area (Å²) in [6.07, 6.45) is 0. The summed E-state index contributed by atoms with van der Waals surface area (Å²) in [5, 5.41) is 0. The Morgan fingerprint density at radius 2 is 2.30 bits per heavy atom. The minimum absolute atomic E-state index is 0.0343. The fraction of sp³-hybridized carbons (Fsp3) is 0.833. The first kappa shape index (κ1) is 9.39. The lowest BCUT2D eigenvalue weighted by Gasteiger charge is -2.14. The van der Waals surface area contributed by atoms with E-state index in [1.807, 2.05) is 0 Å². The monoisotopic (exact) mass is 146 g/mol. The number of amides is 1. The van der Waals surface area contributed by atoms with Crippen LogP contribution in [0.25, 0.3) is 0 Å². The molecule has 4 nitrogen and oxygen atoms in total. The Labute approximate surface area is 60.9 Å². The molecule has 0 radical (unpaired) electrons. The third-order valence-corrected chi connectivity index (χ3v) is 1.16. The van der Waals surface area contributed by atoms with Gasteiger partial charge in [0.1, 0.15) is 6.61 Å². The van der Waals surface area contributed by atoms with Gasteiger partial charge in [-0.3, -0.25) is 4.79 Å². The van der Waals surface area contributed by atoms with E-state index in [2.05, 4.69) is 4.74 Å². The van der Waals surface area contributed by atoms with E-state index in [-0.39, 0.29) is 12.5 Å². The van der Waals surface area contributed by atoms with Gasteiger partial charge >= 0.3 is 0 Å². The molecule has 0 heterocycles. The Hall–Kier alpha value is -0.610. The lowest BCUT2D eigenvalue weighted by molar-refractivity contribution is -0.133. The number of carbonyl (C=O) groups excluding carboxylic acids is 1. The Morgan fingerprint density at radius 3 is 2.70 bits per heavy atom. The molecule has 0 aliphatic heterocycles. The molecular weight excluding hydrogens is 132 g/mol. The van der Waals surface area contributed by atoms with E-state index < -0.39 is 0 Å². The Bertz CT molecular complexity index is 106. The van der Waals surface area contributed by atoms with Crippen molar-refractivity contribution in [3.05, 3.63) is 0 Å². The zero-order valence-corrected chi connectivity index (χ0v) is 6.46. The molecule has 0 fully saturated rings. The maximum Gasteiger partial charge on any atom is 0.248 e. The number of likely N-dealkylation sites (N-methyl/N-ethyl adjacent to an activating group) is 1. The molecular formula is C6H14N2O2. The van der Waals surface area contributed by atoms with Crippen LogP contribution in [-0.2, 0) is 9.53 Å². The van der Waals surface area contributed by atoms with Gasteiger partial charge in [-0.05, 0) is 0 Å². The molecule has 0 bridgehead atoms. The lowest BCUT2D eigenvalue weighted by atomic mass is 10.5. The van der Waals surface area contributed by atoms with Crippen molar-refractivity contribution in [3.8, 4) is 0 Å². The number of carbonyl (C=O) groups is 1. The van der Waals surface area contributed by atoms with Gasteiger partial charge in [0.15, 0.2) is 0 Å². The maximum absolute atomic E-state index is 10.9. The summed E-state index contributed by atoms with van der Waals surface area (Å²) in [6, 6.07) is 0. The molecule has 0 rings (SSSR count). The highest BCUT2D eigenvalue weighted by Crippen LogP contribution is 1.82. The van der Waals surface area contributed by atoms with Crippen molar-refractivity contribution in [2.24, 2.45) is 5.73 Å². The first-order chi connectivity index (χ1) is 4.72. The van der Waals surface area contributed by atoms with Crippen LogP contribution in [0, 0.1) is 0 Å². The molecule has 0 saturated heterocycles. The van der Waals surface area contributed by atoms with Crippen LogP contribution in [0.5, 0.6) is 0 Å². The third-order valence-electron chi connectivity index (χ3n) is 1.16. The summed E-state index contributed by atoms with van der Waals surface area (Å²) in [7, 11) is 3.20. The van der Waals surface area contributed by atoms with Crippen LogP contribution in [0.15, 0.2) is 0 Å². The van der Waals surface area contributed by atoms with E-state index in [1.165, 1.54) is 7.11 Å². The second kappa shape index (κ2) is 5.20. The maximum atomic E-state index is 10.9. The number of methoxy groups -OCH3 is 1. The molecule has 0 aliphatic rings. The van der Waals surface area contributed by atoms with Gasteiger partial charge < -0.3 is 15.4 Å². The largest absolute Gasteiger partial charge is 0.375 e. The van der Waals surface area contributed by atoms with E-state index in [9.17, 15) is 4.79 Å². The first-order valence-corrected chi connectivity index (χ1v) is 3.15. The van der Waals surface area contributed by atoms with Gasteiger partial charge in [-0.25, -0.2) is 0 Å². The summed E-state index contributed by atoms with van der Waals surface area (Å²) in [5.41, 5.74) is 5.23. The van der Waals surface area contributed by atoms with Gasteiger partial charge in [-0.2, -0.15) is 0 Å². The van der Waals surface area contributed by atoms with Crippen LogP contribution in [-0.4, -0.2) is 44.7 Å². The predicted molar refractivity (Wildman–Crippen MR) is 38.6 cm³/mol. The predicted octanol–water partition coefficient (Wildman–Crippen LogP) is -0.950. The van der Waals surface area contributed by atoms with E-state index in [1.54, 1.807) is 11.9 Å². The first-order valence-electron chi connectivity index (χ1n) is 3.15. The molecule has 0 unspecified atom stereocenters. The van der Waals surface area contributed by atoms with Crippen LogP contribution >= 0.6 is 0 Å². The number of ether oxygens (including phenoxy) is 1. The van der Waals surface area contributed by atoms with E-state index in [0.717, 1.165) is 0 Å². The third kappa shape index (κ3) is 3.42. The number of nitrogens with two attached hydrogens (primary N) is 1. The molecule has 0 spiro atoms. The Balaban J connectivity index is 3.49. The van der Waals surface area contributed by atoms with Gasteiger partial charge in [-0.15, -0.1) is 0 Å². The van der Waals surface area contributed by atoms with Crippen LogP contribution in [0.4, 0.5) is 0 Å². The number of rotatable bonds is 4. The van der Waals surface area contributed by atoms with Gasteiger partial charge in [0.2, 0.25) is 5.91 Å². The lowest BCUT2D eigenvalue weighted by Crippen LogP contribution is -2.34. The highest BCUT2D eigenvalue weighted by molar-refractivity contribution is 5.77. The highest BCUT2D eigenvalue weighted by atomic mass is 16.5. The summed E-state index contributed by atoms with van der Waals surface area (Å²) in [6.45, 7) is 1.21. The van der Waals surface area contributed by atoms with Gasteiger partial charge in [0.05, 0.1) is 0 Å². The SMILES string of the molecule is COCC(=O)N(C)CCN. The number of nitrogens with zero attached hydrogens (tertiary/aromatic N) is 1. The van der Waals surface area contributed by atoms with Crippen molar-refractivity contribution in [1.82, 2.24) is 4.90 Å². The van der Waals surface area contributed by atoms with Gasteiger partial charge in [-0.1, -0.05) is 0 Å². The molecule has 1 amide bonds. The Kier molecular flexibility index (Phi) is 4.88. The topological polar surface area (TPSA) is 55.6 Å². The summed E-state index contributed by atoms with van der Waals surface area (Å²) < 4.78 is 4.64. The zero-order valence-electron chi connectivity index (χ0n) is 6.46. The quantitative estimate of drug-likeness (QED) is 0.556. The average molecular weight is 146 g/mol. The minimum Gasteiger partial charge on any atom is -0.375 e. The highest BCUT2D eigenvalue weighted by Gasteiger charge is 2.04. The fourth-order valence-corrected chi connectivity index (χ4v) is 0.552. The van der Waals surface area contributed by atoms with Gasteiger partial charge in [0, 0.05) is 27.2 Å². The summed E-state index contributed by atoms with van der Waals surface area (Å²) in [5.74, 6) is -0.0343. The van der Waals surface area contributed by atoms with Crippen molar-refractivity contribution in [1.29, 1.82) is 0 Å². The molecule has 0 aromatic rings. The fourth-order valence-electron chi connectivity index (χ4n) is 0.552. The molecule has 60 valence electrons. The molecule has 0 atom stereocenters. The summed E-state index contributed by atoms with van der Waals surface area (Å²) in [4.78, 5) is 12.4. The van der Waals surface area contributed by atoms with Crippen molar-refractivity contribution in [2.75, 3.05) is 33.9 Å². The van der Waals surface area contributed by atoms with Crippen molar-refractivity contribution < 1.29 is 9.53 Å². The van der Waals surface area contributed by atoms with E-state index in [4.69, 9.17) is 5.73 Å². The molecule has 0 aromatic heterocycles. The summed E-state index contributed by atoms with van der Waals surface area (Å²) >= 11 is 0. The van der Waals surface area contributed by atoms with E-state index in [0.29, 0.717) is 13.1 Å². The van der Waals surface area contributed by atoms with Crippen LogP contribution in [0.3, 0.4) is 0 Å². The number of hydrogen-bond donors (Lipinski definition) is 1. The van der Waals surface area contributed by atoms with Gasteiger partial charge in [0.25, 0.3) is 0 Å². The van der Waals surface area contributed by atoms with Crippen LogP contribution in [0.1, 0.15) is 0 Å². The van der Waals surface area contributed by atoms with Crippen molar-refractivity contribution in [3.63, 3.8) is 0 Å². The normalized spacial score (nSPS) is 9.50. The Morgan fingerprint density at radius 1 is 1.70 bits per heavy atom. The minimum atomic E-state index is -0.0343. The number of hydrogen-bond acceptors (Lipinski definition) is 3. The van der Waals surface area contributed by atoms with E-state index >= 15 is 0 Å². The zero-order chi connectivity index (χ0) is 7.98. The standard InChI is InChI=1S/C6H14N2O2/c1-8(4-3-7)6(9)5-10-2/h3-5,7H2,1-2H3. The molecule has 4 heteroatoms. The molecule has 2 N–H and O–H groups in total. The van der Waals surface area contributed by atoms with Crippen molar-refractivity contribution >= 4 is 5.91 Å². The second-order valence-corrected chi connectivity index (χ2v) is 2.04. The smallest absolute Gasteiger partial charge is 0.248 e. The average Bonchev–Trinajstić information content (AvgIpc) is 1.89. The van der Waals surface area contributed by atoms with Crippen LogP contribution < -0.4 is 5.73 Å². The molecule has 0 aromatic carbocycles. The van der Waals surface area contributed by atoms with Crippen LogP contribution in [0.2, 0.25) is 0 Å². The molecule has 0 saturated carbocycles. The molecule has 10 heavy (non-hydrogen) atoms. The molecule has 0 aliphatic carbocycles. The second-order valence-electron chi connectivity index (χ2n) is 2.04. The van der Waals surface area contributed by atoms with Crippen molar-refractivity contribution in [2.45, 2.75) is 0 Å².